The predicted octanol–water partition coefficient (Wildman–Crippen LogP) is 3.07. The first-order chi connectivity index (χ1) is 12.2. The van der Waals surface area contributed by atoms with E-state index in [9.17, 15) is 9.59 Å². The number of rotatable bonds is 5. The topological polar surface area (TPSA) is 77.0 Å². The third kappa shape index (κ3) is 4.20. The number of benzene rings is 1. The van der Waals surface area contributed by atoms with Crippen molar-refractivity contribution in [3.63, 3.8) is 0 Å². The first kappa shape index (κ1) is 19.5. The molecule has 1 amide bonds. The minimum Gasteiger partial charge on any atom is -0.341 e. The van der Waals surface area contributed by atoms with Crippen LogP contribution in [0.5, 0.6) is 0 Å². The molecule has 26 heavy (non-hydrogen) atoms. The van der Waals surface area contributed by atoms with E-state index < -0.39 is 0 Å². The van der Waals surface area contributed by atoms with Crippen LogP contribution in [-0.2, 0) is 17.8 Å². The fourth-order valence-corrected chi connectivity index (χ4v) is 3.21. The molecule has 0 unspecified atom stereocenters. The Morgan fingerprint density at radius 1 is 1.23 bits per heavy atom. The molecule has 136 valence electrons. The van der Waals surface area contributed by atoms with Crippen molar-refractivity contribution in [3.05, 3.63) is 67.6 Å². The molecule has 0 fully saturated rings. The molecule has 0 saturated carbocycles. The number of aromatic nitrogens is 1. The number of aryl methyl sites for hydroxylation is 3. The second kappa shape index (κ2) is 8.01. The van der Waals surface area contributed by atoms with E-state index in [1.165, 1.54) is 11.1 Å². The zero-order valence-electron chi connectivity index (χ0n) is 16.1. The van der Waals surface area contributed by atoms with E-state index >= 15 is 0 Å². The summed E-state index contributed by atoms with van der Waals surface area (Å²) in [5.41, 5.74) is 5.53. The first-order valence-corrected chi connectivity index (χ1v) is 8.67. The molecule has 0 aliphatic rings. The standard InChI is InChI=1S/C21H25N3O2/c1-13-6-7-17(14(2)10-13)12-24(5)20(25)9-8-18-15(3)19(11-22)21(26)23-16(18)4/h6-7,10H,8-9,12H2,1-5H3,(H,23,26). The molecule has 1 aromatic heterocycles. The maximum atomic E-state index is 12.5. The van der Waals surface area contributed by atoms with Crippen LogP contribution in [0.2, 0.25) is 0 Å². The monoisotopic (exact) mass is 351 g/mol. The van der Waals surface area contributed by atoms with Crippen molar-refractivity contribution >= 4 is 5.91 Å². The molecule has 2 rings (SSSR count). The summed E-state index contributed by atoms with van der Waals surface area (Å²) in [5, 5.41) is 9.14. The highest BCUT2D eigenvalue weighted by molar-refractivity contribution is 5.76. The minimum atomic E-state index is -0.371. The van der Waals surface area contributed by atoms with Crippen LogP contribution in [0.25, 0.3) is 0 Å². The van der Waals surface area contributed by atoms with Crippen LogP contribution in [0, 0.1) is 39.0 Å². The Morgan fingerprint density at radius 2 is 1.92 bits per heavy atom. The largest absolute Gasteiger partial charge is 0.341 e. The molecule has 0 spiro atoms. The minimum absolute atomic E-state index is 0.0356. The second-order valence-electron chi connectivity index (χ2n) is 6.85. The van der Waals surface area contributed by atoms with E-state index in [-0.39, 0.29) is 17.0 Å². The molecule has 0 bridgehead atoms. The van der Waals surface area contributed by atoms with Crippen LogP contribution in [0.1, 0.15) is 45.5 Å². The number of nitrogens with zero attached hydrogens (tertiary/aromatic N) is 2. The van der Waals surface area contributed by atoms with E-state index in [0.29, 0.717) is 24.9 Å². The van der Waals surface area contributed by atoms with Gasteiger partial charge in [0.25, 0.3) is 5.56 Å². The summed E-state index contributed by atoms with van der Waals surface area (Å²) in [5.74, 6) is 0.0356. The molecule has 5 nitrogen and oxygen atoms in total. The fraction of sp³-hybridized carbons (Fsp3) is 0.381. The zero-order valence-corrected chi connectivity index (χ0v) is 16.1. The Morgan fingerprint density at radius 3 is 2.54 bits per heavy atom. The van der Waals surface area contributed by atoms with Crippen LogP contribution in [0.4, 0.5) is 0 Å². The van der Waals surface area contributed by atoms with Gasteiger partial charge in [-0.15, -0.1) is 0 Å². The number of nitrogens with one attached hydrogen (secondary N) is 1. The summed E-state index contributed by atoms with van der Waals surface area (Å²) in [6.07, 6.45) is 0.833. The summed E-state index contributed by atoms with van der Waals surface area (Å²) in [6.45, 7) is 8.24. The molecule has 1 aromatic carbocycles. The van der Waals surface area contributed by atoms with Crippen LogP contribution in [-0.4, -0.2) is 22.8 Å². The number of amides is 1. The van der Waals surface area contributed by atoms with Crippen molar-refractivity contribution in [2.24, 2.45) is 0 Å². The second-order valence-corrected chi connectivity index (χ2v) is 6.85. The lowest BCUT2D eigenvalue weighted by Gasteiger charge is -2.19. The molecule has 0 atom stereocenters. The van der Waals surface area contributed by atoms with E-state index in [2.05, 4.69) is 37.0 Å². The van der Waals surface area contributed by atoms with Gasteiger partial charge in [0.05, 0.1) is 0 Å². The highest BCUT2D eigenvalue weighted by atomic mass is 16.2. The Bertz CT molecular complexity index is 935. The van der Waals surface area contributed by atoms with Gasteiger partial charge in [0, 0.05) is 25.7 Å². The number of aromatic amines is 1. The van der Waals surface area contributed by atoms with E-state index in [0.717, 1.165) is 16.8 Å². The normalized spacial score (nSPS) is 10.5. The third-order valence-electron chi connectivity index (χ3n) is 4.84. The van der Waals surface area contributed by atoms with Crippen molar-refractivity contribution in [2.45, 2.75) is 47.1 Å². The lowest BCUT2D eigenvalue weighted by Crippen LogP contribution is -2.27. The Labute approximate surface area is 154 Å². The molecular weight excluding hydrogens is 326 g/mol. The Hall–Kier alpha value is -2.87. The van der Waals surface area contributed by atoms with Gasteiger partial charge in [-0.1, -0.05) is 23.8 Å². The van der Waals surface area contributed by atoms with Gasteiger partial charge in [-0.05, 0) is 56.4 Å². The number of hydrogen-bond acceptors (Lipinski definition) is 3. The molecule has 0 aliphatic heterocycles. The van der Waals surface area contributed by atoms with E-state index in [1.54, 1.807) is 25.8 Å². The lowest BCUT2D eigenvalue weighted by molar-refractivity contribution is -0.130. The molecule has 5 heteroatoms. The number of pyridine rings is 1. The Balaban J connectivity index is 2.09. The number of hydrogen-bond donors (Lipinski definition) is 1. The highest BCUT2D eigenvalue weighted by Gasteiger charge is 2.15. The first-order valence-electron chi connectivity index (χ1n) is 8.67. The highest BCUT2D eigenvalue weighted by Crippen LogP contribution is 2.17. The molecule has 2 aromatic rings. The lowest BCUT2D eigenvalue weighted by atomic mass is 9.99. The number of H-pyrrole nitrogens is 1. The molecule has 0 aliphatic carbocycles. The summed E-state index contributed by atoms with van der Waals surface area (Å²) < 4.78 is 0. The number of carbonyl (C=O) groups excluding carboxylic acids is 1. The molecule has 1 heterocycles. The SMILES string of the molecule is Cc1ccc(CN(C)C(=O)CCc2c(C)[nH]c(=O)c(C#N)c2C)c(C)c1. The maximum Gasteiger partial charge on any atom is 0.266 e. The summed E-state index contributed by atoms with van der Waals surface area (Å²) in [6, 6.07) is 8.17. The van der Waals surface area contributed by atoms with Gasteiger partial charge in [-0.3, -0.25) is 9.59 Å². The van der Waals surface area contributed by atoms with Crippen molar-refractivity contribution in [3.8, 4) is 6.07 Å². The van der Waals surface area contributed by atoms with E-state index in [4.69, 9.17) is 5.26 Å². The predicted molar refractivity (Wildman–Crippen MR) is 102 cm³/mol. The molecule has 0 radical (unpaired) electrons. The van der Waals surface area contributed by atoms with Crippen molar-refractivity contribution in [1.29, 1.82) is 5.26 Å². The van der Waals surface area contributed by atoms with Crippen LogP contribution < -0.4 is 5.56 Å². The fourth-order valence-electron chi connectivity index (χ4n) is 3.21. The van der Waals surface area contributed by atoms with Gasteiger partial charge < -0.3 is 9.88 Å². The van der Waals surface area contributed by atoms with Gasteiger partial charge in [-0.25, -0.2) is 0 Å². The van der Waals surface area contributed by atoms with E-state index in [1.807, 2.05) is 6.07 Å². The van der Waals surface area contributed by atoms with Gasteiger partial charge in [0.1, 0.15) is 11.6 Å². The quantitative estimate of drug-likeness (QED) is 0.899. The van der Waals surface area contributed by atoms with Crippen molar-refractivity contribution in [2.75, 3.05) is 7.05 Å². The zero-order chi connectivity index (χ0) is 19.4. The Kier molecular flexibility index (Phi) is 5.99. The van der Waals surface area contributed by atoms with Crippen molar-refractivity contribution in [1.82, 2.24) is 9.88 Å². The van der Waals surface area contributed by atoms with Gasteiger partial charge >= 0.3 is 0 Å². The number of nitriles is 1. The maximum absolute atomic E-state index is 12.5. The van der Waals surface area contributed by atoms with Crippen LogP contribution in [0.15, 0.2) is 23.0 Å². The average molecular weight is 351 g/mol. The van der Waals surface area contributed by atoms with Crippen LogP contribution >= 0.6 is 0 Å². The third-order valence-corrected chi connectivity index (χ3v) is 4.84. The molecule has 0 saturated heterocycles. The van der Waals surface area contributed by atoms with Gasteiger partial charge in [0.15, 0.2) is 0 Å². The molecule has 1 N–H and O–H groups in total. The van der Waals surface area contributed by atoms with Crippen LogP contribution in [0.3, 0.4) is 0 Å². The van der Waals surface area contributed by atoms with Gasteiger partial charge in [0.2, 0.25) is 5.91 Å². The summed E-state index contributed by atoms with van der Waals surface area (Å²) in [4.78, 5) is 28.8. The molecular formula is C21H25N3O2. The van der Waals surface area contributed by atoms with Gasteiger partial charge in [-0.2, -0.15) is 5.26 Å². The number of carbonyl (C=O) groups is 1. The van der Waals surface area contributed by atoms with Crippen molar-refractivity contribution < 1.29 is 4.79 Å². The summed E-state index contributed by atoms with van der Waals surface area (Å²) >= 11 is 0. The average Bonchev–Trinajstić information content (AvgIpc) is 2.56. The smallest absolute Gasteiger partial charge is 0.266 e. The summed E-state index contributed by atoms with van der Waals surface area (Å²) in [7, 11) is 1.80.